The zero-order chi connectivity index (χ0) is 14.5. The Morgan fingerprint density at radius 2 is 2.10 bits per heavy atom. The summed E-state index contributed by atoms with van der Waals surface area (Å²) in [5.41, 5.74) is 0.736. The van der Waals surface area contributed by atoms with Crippen LogP contribution in [0.15, 0.2) is 24.3 Å². The van der Waals surface area contributed by atoms with E-state index in [1.165, 1.54) is 19.4 Å². The van der Waals surface area contributed by atoms with Crippen LogP contribution in [0.2, 0.25) is 5.02 Å². The molecule has 0 aliphatic carbocycles. The minimum atomic E-state index is 0.158. The van der Waals surface area contributed by atoms with Gasteiger partial charge in [-0.2, -0.15) is 0 Å². The summed E-state index contributed by atoms with van der Waals surface area (Å²) >= 11 is 5.84. The first-order valence-corrected chi connectivity index (χ1v) is 7.69. The molecule has 1 heterocycles. The molecule has 110 valence electrons. The van der Waals surface area contributed by atoms with Gasteiger partial charge >= 0.3 is 0 Å². The van der Waals surface area contributed by atoms with Gasteiger partial charge in [0.1, 0.15) is 0 Å². The van der Waals surface area contributed by atoms with Gasteiger partial charge in [0.15, 0.2) is 5.78 Å². The maximum absolute atomic E-state index is 12.2. The molecule has 1 aromatic carbocycles. The fraction of sp³-hybridized carbons (Fsp3) is 0.562. The average Bonchev–Trinajstić information content (AvgIpc) is 2.86. The largest absolute Gasteiger partial charge is 0.299 e. The van der Waals surface area contributed by atoms with E-state index < -0.39 is 0 Å². The second-order valence-corrected chi connectivity index (χ2v) is 5.99. The number of likely N-dealkylation sites (N-methyl/N-ethyl adjacent to an activating group) is 2. The van der Waals surface area contributed by atoms with Crippen LogP contribution in [-0.2, 0) is 0 Å². The molecule has 0 N–H and O–H groups in total. The highest BCUT2D eigenvalue weighted by molar-refractivity contribution is 6.30. The molecule has 0 amide bonds. The second kappa shape index (κ2) is 7.21. The predicted octanol–water partition coefficient (Wildman–Crippen LogP) is 2.94. The van der Waals surface area contributed by atoms with Gasteiger partial charge in [-0.25, -0.2) is 0 Å². The molecular weight excluding hydrogens is 272 g/mol. The number of nitrogens with zero attached hydrogens (tertiary/aromatic N) is 2. The van der Waals surface area contributed by atoms with Crippen molar-refractivity contribution in [3.8, 4) is 0 Å². The van der Waals surface area contributed by atoms with Crippen LogP contribution in [0.25, 0.3) is 0 Å². The van der Waals surface area contributed by atoms with Gasteiger partial charge in [-0.05, 0) is 57.2 Å². The Bertz CT molecular complexity index is 446. The second-order valence-electron chi connectivity index (χ2n) is 5.55. The molecule has 1 unspecified atom stereocenters. The predicted molar refractivity (Wildman–Crippen MR) is 83.5 cm³/mol. The molecule has 0 spiro atoms. The van der Waals surface area contributed by atoms with Crippen molar-refractivity contribution < 1.29 is 4.79 Å². The molecule has 0 radical (unpaired) electrons. The molecule has 3 nitrogen and oxygen atoms in total. The Kier molecular flexibility index (Phi) is 5.58. The minimum absolute atomic E-state index is 0.158. The Morgan fingerprint density at radius 3 is 2.75 bits per heavy atom. The van der Waals surface area contributed by atoms with E-state index >= 15 is 0 Å². The maximum atomic E-state index is 12.2. The summed E-state index contributed by atoms with van der Waals surface area (Å²) < 4.78 is 0. The van der Waals surface area contributed by atoms with E-state index in [1.807, 2.05) is 7.05 Å². The van der Waals surface area contributed by atoms with Crippen LogP contribution in [0, 0.1) is 0 Å². The van der Waals surface area contributed by atoms with Gasteiger partial charge in [0.25, 0.3) is 0 Å². The summed E-state index contributed by atoms with van der Waals surface area (Å²) in [5, 5.41) is 0.666. The molecule has 1 saturated heterocycles. The molecule has 1 aromatic rings. The summed E-state index contributed by atoms with van der Waals surface area (Å²) in [6, 6.07) is 7.73. The SMILES string of the molecule is CCN1CCCC1CN(C)CC(=O)c1ccc(Cl)cc1. The van der Waals surface area contributed by atoms with Crippen molar-refractivity contribution in [3.63, 3.8) is 0 Å². The van der Waals surface area contributed by atoms with Crippen molar-refractivity contribution in [2.24, 2.45) is 0 Å². The molecule has 20 heavy (non-hydrogen) atoms. The standard InChI is InChI=1S/C16H23ClN2O/c1-3-19-10-4-5-15(19)11-18(2)12-16(20)13-6-8-14(17)9-7-13/h6-9,15H,3-5,10-12H2,1-2H3. The third-order valence-electron chi connectivity index (χ3n) is 4.01. The van der Waals surface area contributed by atoms with E-state index in [0.717, 1.165) is 18.7 Å². The first-order valence-electron chi connectivity index (χ1n) is 7.31. The Hall–Kier alpha value is -0.900. The number of Topliss-reactive ketones (excluding diaryl/α,β-unsaturated/α-hetero) is 1. The van der Waals surface area contributed by atoms with Crippen molar-refractivity contribution in [3.05, 3.63) is 34.9 Å². The van der Waals surface area contributed by atoms with Crippen LogP contribution in [0.5, 0.6) is 0 Å². The van der Waals surface area contributed by atoms with Crippen LogP contribution in [0.3, 0.4) is 0 Å². The zero-order valence-electron chi connectivity index (χ0n) is 12.3. The lowest BCUT2D eigenvalue weighted by atomic mass is 10.1. The van der Waals surface area contributed by atoms with Gasteiger partial charge < -0.3 is 0 Å². The number of hydrogen-bond donors (Lipinski definition) is 0. The van der Waals surface area contributed by atoms with E-state index in [4.69, 9.17) is 11.6 Å². The van der Waals surface area contributed by atoms with Crippen molar-refractivity contribution in [1.29, 1.82) is 0 Å². The van der Waals surface area contributed by atoms with Crippen molar-refractivity contribution >= 4 is 17.4 Å². The van der Waals surface area contributed by atoms with Crippen molar-refractivity contribution in [2.75, 3.05) is 33.2 Å². The third-order valence-corrected chi connectivity index (χ3v) is 4.26. The normalized spacial score (nSPS) is 19.7. The summed E-state index contributed by atoms with van der Waals surface area (Å²) in [4.78, 5) is 16.8. The fourth-order valence-corrected chi connectivity index (χ4v) is 3.04. The third kappa shape index (κ3) is 4.05. The molecule has 1 aliphatic rings. The smallest absolute Gasteiger partial charge is 0.176 e. The monoisotopic (exact) mass is 294 g/mol. The van der Waals surface area contributed by atoms with E-state index in [9.17, 15) is 4.79 Å². The number of carbonyl (C=O) groups excluding carboxylic acids is 1. The minimum Gasteiger partial charge on any atom is -0.299 e. The average molecular weight is 295 g/mol. The topological polar surface area (TPSA) is 23.6 Å². The molecule has 0 saturated carbocycles. The highest BCUT2D eigenvalue weighted by atomic mass is 35.5. The first kappa shape index (κ1) is 15.5. The number of halogens is 1. The lowest BCUT2D eigenvalue weighted by molar-refractivity contribution is 0.0929. The van der Waals surface area contributed by atoms with Crippen LogP contribution in [0.1, 0.15) is 30.1 Å². The molecule has 4 heteroatoms. The molecular formula is C16H23ClN2O. The summed E-state index contributed by atoms with van der Waals surface area (Å²) in [5.74, 6) is 0.158. The number of hydrogen-bond acceptors (Lipinski definition) is 3. The van der Waals surface area contributed by atoms with E-state index in [1.54, 1.807) is 24.3 Å². The van der Waals surface area contributed by atoms with Gasteiger partial charge in [0, 0.05) is 23.2 Å². The fourth-order valence-electron chi connectivity index (χ4n) is 2.91. The Balaban J connectivity index is 1.86. The Morgan fingerprint density at radius 1 is 1.40 bits per heavy atom. The highest BCUT2D eigenvalue weighted by Gasteiger charge is 2.24. The van der Waals surface area contributed by atoms with E-state index in [0.29, 0.717) is 17.6 Å². The highest BCUT2D eigenvalue weighted by Crippen LogP contribution is 2.17. The van der Waals surface area contributed by atoms with Crippen molar-refractivity contribution in [2.45, 2.75) is 25.8 Å². The van der Waals surface area contributed by atoms with Gasteiger partial charge in [-0.15, -0.1) is 0 Å². The zero-order valence-corrected chi connectivity index (χ0v) is 13.1. The lowest BCUT2D eigenvalue weighted by Gasteiger charge is -2.27. The van der Waals surface area contributed by atoms with Crippen LogP contribution >= 0.6 is 11.6 Å². The lowest BCUT2D eigenvalue weighted by Crippen LogP contribution is -2.40. The van der Waals surface area contributed by atoms with Crippen LogP contribution in [-0.4, -0.2) is 54.9 Å². The van der Waals surface area contributed by atoms with E-state index in [-0.39, 0.29) is 5.78 Å². The number of likely N-dealkylation sites (tertiary alicyclic amines) is 1. The van der Waals surface area contributed by atoms with Crippen LogP contribution in [0.4, 0.5) is 0 Å². The molecule has 0 bridgehead atoms. The van der Waals surface area contributed by atoms with Crippen molar-refractivity contribution in [1.82, 2.24) is 9.80 Å². The maximum Gasteiger partial charge on any atom is 0.176 e. The first-order chi connectivity index (χ1) is 9.60. The number of benzene rings is 1. The Labute approximate surface area is 126 Å². The molecule has 1 atom stereocenters. The van der Waals surface area contributed by atoms with Gasteiger partial charge in [0.05, 0.1) is 6.54 Å². The summed E-state index contributed by atoms with van der Waals surface area (Å²) in [7, 11) is 2.03. The number of ketones is 1. The number of carbonyl (C=O) groups is 1. The summed E-state index contributed by atoms with van der Waals surface area (Å²) in [6.07, 6.45) is 2.52. The summed E-state index contributed by atoms with van der Waals surface area (Å²) in [6.45, 7) is 5.93. The van der Waals surface area contributed by atoms with Crippen LogP contribution < -0.4 is 0 Å². The molecule has 1 aliphatic heterocycles. The van der Waals surface area contributed by atoms with E-state index in [2.05, 4.69) is 16.7 Å². The quantitative estimate of drug-likeness (QED) is 0.754. The molecule has 2 rings (SSSR count). The van der Waals surface area contributed by atoms with Gasteiger partial charge in [0.2, 0.25) is 0 Å². The van der Waals surface area contributed by atoms with Gasteiger partial charge in [-0.3, -0.25) is 14.6 Å². The number of rotatable bonds is 6. The van der Waals surface area contributed by atoms with Gasteiger partial charge in [-0.1, -0.05) is 18.5 Å². The molecule has 0 aromatic heterocycles. The molecule has 1 fully saturated rings.